The molecule has 2 rings (SSSR count). The number of anilines is 1. The summed E-state index contributed by atoms with van der Waals surface area (Å²) in [6.07, 6.45) is 3.31. The van der Waals surface area contributed by atoms with E-state index in [2.05, 4.69) is 58.2 Å². The minimum absolute atomic E-state index is 0.831. The highest BCUT2D eigenvalue weighted by molar-refractivity contribution is 9.11. The van der Waals surface area contributed by atoms with Crippen molar-refractivity contribution in [3.05, 3.63) is 37.8 Å². The molecule has 0 saturated carbocycles. The van der Waals surface area contributed by atoms with Gasteiger partial charge in [0.05, 0.1) is 8.26 Å². The first-order chi connectivity index (χ1) is 7.66. The normalized spacial score (nSPS) is 10.4. The number of rotatable bonds is 3. The predicted molar refractivity (Wildman–Crippen MR) is 73.9 cm³/mol. The van der Waals surface area contributed by atoms with Gasteiger partial charge in [0, 0.05) is 19.8 Å². The summed E-state index contributed by atoms with van der Waals surface area (Å²) in [5, 5.41) is 2.13. The summed E-state index contributed by atoms with van der Waals surface area (Å²) in [5.41, 5.74) is 1.27. The van der Waals surface area contributed by atoms with Crippen LogP contribution in [-0.4, -0.2) is 17.0 Å². The van der Waals surface area contributed by atoms with Crippen molar-refractivity contribution in [1.82, 2.24) is 9.97 Å². The maximum atomic E-state index is 4.24. The molecule has 0 bridgehead atoms. The first kappa shape index (κ1) is 12.0. The number of hydrogen-bond acceptors (Lipinski definition) is 4. The van der Waals surface area contributed by atoms with E-state index >= 15 is 0 Å². The molecule has 0 spiro atoms. The molecule has 0 radical (unpaired) electrons. The molecule has 0 saturated heterocycles. The number of halogens is 2. The zero-order valence-electron chi connectivity index (χ0n) is 8.52. The number of aromatic nitrogens is 2. The van der Waals surface area contributed by atoms with Crippen LogP contribution < -0.4 is 4.90 Å². The van der Waals surface area contributed by atoms with Crippen LogP contribution in [0.15, 0.2) is 32.2 Å². The van der Waals surface area contributed by atoms with Crippen LogP contribution >= 0.6 is 43.2 Å². The van der Waals surface area contributed by atoms with Crippen LogP contribution in [0, 0.1) is 0 Å². The van der Waals surface area contributed by atoms with Crippen LogP contribution in [0.5, 0.6) is 0 Å². The highest BCUT2D eigenvalue weighted by Gasteiger charge is 2.08. The van der Waals surface area contributed by atoms with Crippen LogP contribution in [0.1, 0.15) is 5.56 Å². The Morgan fingerprint density at radius 1 is 1.44 bits per heavy atom. The van der Waals surface area contributed by atoms with Gasteiger partial charge in [0.2, 0.25) is 0 Å². The third-order valence-corrected chi connectivity index (χ3v) is 4.16. The molecular weight excluding hydrogens is 354 g/mol. The van der Waals surface area contributed by atoms with E-state index in [1.807, 2.05) is 7.05 Å². The van der Waals surface area contributed by atoms with Crippen molar-refractivity contribution in [3.8, 4) is 0 Å². The summed E-state index contributed by atoms with van der Waals surface area (Å²) >= 11 is 8.59. The molecule has 0 fully saturated rings. The van der Waals surface area contributed by atoms with Gasteiger partial charge in [0.1, 0.15) is 12.1 Å². The smallest absolute Gasteiger partial charge is 0.146 e. The maximum Gasteiger partial charge on any atom is 0.146 e. The highest BCUT2D eigenvalue weighted by Crippen LogP contribution is 2.25. The van der Waals surface area contributed by atoms with E-state index in [0.29, 0.717) is 0 Å². The van der Waals surface area contributed by atoms with Crippen molar-refractivity contribution in [1.29, 1.82) is 0 Å². The molecule has 2 heterocycles. The van der Waals surface area contributed by atoms with Crippen LogP contribution in [0.3, 0.4) is 0 Å². The lowest BCUT2D eigenvalue weighted by molar-refractivity contribution is 0.889. The molecule has 0 N–H and O–H groups in total. The first-order valence-corrected chi connectivity index (χ1v) is 7.03. The van der Waals surface area contributed by atoms with Crippen LogP contribution in [-0.2, 0) is 6.54 Å². The van der Waals surface area contributed by atoms with Crippen molar-refractivity contribution < 1.29 is 0 Å². The Morgan fingerprint density at radius 3 is 2.88 bits per heavy atom. The van der Waals surface area contributed by atoms with Gasteiger partial charge in [0.15, 0.2) is 0 Å². The molecule has 84 valence electrons. The molecule has 0 aliphatic carbocycles. The SMILES string of the molecule is CN(Cc1csc(Br)c1)c1ncncc1Br. The minimum atomic E-state index is 0.831. The topological polar surface area (TPSA) is 29.0 Å². The Labute approximate surface area is 115 Å². The molecule has 6 heteroatoms. The molecule has 0 aromatic carbocycles. The summed E-state index contributed by atoms with van der Waals surface area (Å²) in [7, 11) is 2.01. The third-order valence-electron chi connectivity index (χ3n) is 2.05. The van der Waals surface area contributed by atoms with E-state index in [1.165, 1.54) is 5.56 Å². The number of nitrogens with zero attached hydrogens (tertiary/aromatic N) is 3. The molecule has 0 atom stereocenters. The molecule has 0 aliphatic heterocycles. The molecule has 0 unspecified atom stereocenters. The Bertz CT molecular complexity index is 486. The van der Waals surface area contributed by atoms with Crippen molar-refractivity contribution in [3.63, 3.8) is 0 Å². The summed E-state index contributed by atoms with van der Waals surface area (Å²) < 4.78 is 2.06. The van der Waals surface area contributed by atoms with Gasteiger partial charge in [-0.1, -0.05) is 0 Å². The molecule has 2 aromatic rings. The quantitative estimate of drug-likeness (QED) is 0.833. The van der Waals surface area contributed by atoms with Crippen LogP contribution in [0.25, 0.3) is 0 Å². The van der Waals surface area contributed by atoms with Crippen molar-refractivity contribution in [2.24, 2.45) is 0 Å². The summed E-state index contributed by atoms with van der Waals surface area (Å²) in [4.78, 5) is 10.3. The molecule has 16 heavy (non-hydrogen) atoms. The second kappa shape index (κ2) is 5.25. The van der Waals surface area contributed by atoms with Gasteiger partial charge >= 0.3 is 0 Å². The van der Waals surface area contributed by atoms with E-state index in [9.17, 15) is 0 Å². The van der Waals surface area contributed by atoms with Gasteiger partial charge < -0.3 is 4.90 Å². The summed E-state index contributed by atoms with van der Waals surface area (Å²) in [6, 6.07) is 2.12. The fraction of sp³-hybridized carbons (Fsp3) is 0.200. The lowest BCUT2D eigenvalue weighted by Crippen LogP contribution is -2.17. The maximum absolute atomic E-state index is 4.24. The van der Waals surface area contributed by atoms with Gasteiger partial charge in [-0.25, -0.2) is 9.97 Å². The Hall–Kier alpha value is -0.460. The van der Waals surface area contributed by atoms with E-state index < -0.39 is 0 Å². The first-order valence-electron chi connectivity index (χ1n) is 4.56. The molecule has 3 nitrogen and oxygen atoms in total. The third kappa shape index (κ3) is 2.81. The van der Waals surface area contributed by atoms with E-state index in [1.54, 1.807) is 23.9 Å². The zero-order valence-corrected chi connectivity index (χ0v) is 12.5. The average Bonchev–Trinajstić information content (AvgIpc) is 2.64. The number of thiophene rings is 1. The largest absolute Gasteiger partial charge is 0.354 e. The van der Waals surface area contributed by atoms with Gasteiger partial charge in [0.25, 0.3) is 0 Å². The fourth-order valence-electron chi connectivity index (χ4n) is 1.36. The van der Waals surface area contributed by atoms with Crippen molar-refractivity contribution >= 4 is 49.0 Å². The van der Waals surface area contributed by atoms with Gasteiger partial charge in [-0.3, -0.25) is 0 Å². The predicted octanol–water partition coefficient (Wildman–Crippen LogP) is 3.70. The Balaban J connectivity index is 2.14. The van der Waals surface area contributed by atoms with E-state index in [0.717, 1.165) is 20.6 Å². The van der Waals surface area contributed by atoms with Crippen LogP contribution in [0.2, 0.25) is 0 Å². The zero-order chi connectivity index (χ0) is 11.5. The second-order valence-electron chi connectivity index (χ2n) is 3.31. The van der Waals surface area contributed by atoms with Crippen molar-refractivity contribution in [2.45, 2.75) is 6.54 Å². The lowest BCUT2D eigenvalue weighted by atomic mass is 10.3. The fourth-order valence-corrected chi connectivity index (χ4v) is 3.09. The lowest BCUT2D eigenvalue weighted by Gasteiger charge is -2.18. The van der Waals surface area contributed by atoms with E-state index in [-0.39, 0.29) is 0 Å². The van der Waals surface area contributed by atoms with E-state index in [4.69, 9.17) is 0 Å². The summed E-state index contributed by atoms with van der Waals surface area (Å²) in [5.74, 6) is 0.900. The monoisotopic (exact) mass is 361 g/mol. The molecular formula is C10H9Br2N3S. The Kier molecular flexibility index (Phi) is 3.94. The van der Waals surface area contributed by atoms with Crippen LogP contribution in [0.4, 0.5) is 5.82 Å². The standard InChI is InChI=1S/C10H9Br2N3S/c1-15(4-7-2-9(12)16-5-7)10-8(11)3-13-6-14-10/h2-3,5-6H,4H2,1H3. The number of hydrogen-bond donors (Lipinski definition) is 0. The van der Waals surface area contributed by atoms with Gasteiger partial charge in [-0.15, -0.1) is 11.3 Å². The van der Waals surface area contributed by atoms with Crippen molar-refractivity contribution in [2.75, 3.05) is 11.9 Å². The van der Waals surface area contributed by atoms with Gasteiger partial charge in [-0.2, -0.15) is 0 Å². The average molecular weight is 363 g/mol. The Morgan fingerprint density at radius 2 is 2.25 bits per heavy atom. The highest BCUT2D eigenvalue weighted by atomic mass is 79.9. The molecule has 0 aliphatic rings. The van der Waals surface area contributed by atoms with Gasteiger partial charge in [-0.05, 0) is 48.9 Å². The molecule has 2 aromatic heterocycles. The molecule has 0 amide bonds. The minimum Gasteiger partial charge on any atom is -0.354 e. The second-order valence-corrected chi connectivity index (χ2v) is 6.45. The summed E-state index contributed by atoms with van der Waals surface area (Å²) in [6.45, 7) is 0.831.